The van der Waals surface area contributed by atoms with Gasteiger partial charge in [-0.15, -0.1) is 0 Å². The molecule has 0 N–H and O–H groups in total. The standard InChI is InChI=1S/C10H21N2O2PS/c1-10(2,3)16-15-11(6-8-13-15)4-5-12(15)7-9-14-15/h4-9H2,1-3H3. The molecular weight excluding hydrogens is 243 g/mol. The fourth-order valence-electron chi connectivity index (χ4n) is 2.91. The maximum absolute atomic E-state index is 6.28. The Hall–Kier alpha value is 0.620. The van der Waals surface area contributed by atoms with Gasteiger partial charge in [-0.3, -0.25) is 0 Å². The average Bonchev–Trinajstić information content (AvgIpc) is 2.68. The zero-order valence-corrected chi connectivity index (χ0v) is 12.0. The molecule has 0 aromatic carbocycles. The van der Waals surface area contributed by atoms with E-state index in [1.54, 1.807) is 0 Å². The SMILES string of the molecule is CC(C)(C)SP123OCCN1CCN2CCO3. The first-order valence-corrected chi connectivity index (χ1v) is 9.39. The molecule has 0 amide bonds. The van der Waals surface area contributed by atoms with Crippen LogP contribution in [0.4, 0.5) is 0 Å². The molecule has 0 aromatic rings. The molecule has 1 spiro atoms. The molecule has 4 nitrogen and oxygen atoms in total. The van der Waals surface area contributed by atoms with E-state index >= 15 is 0 Å². The van der Waals surface area contributed by atoms with Crippen LogP contribution in [0.15, 0.2) is 0 Å². The molecule has 0 radical (unpaired) electrons. The van der Waals surface area contributed by atoms with Crippen molar-refractivity contribution in [3.8, 4) is 0 Å². The third-order valence-electron chi connectivity index (χ3n) is 3.32. The molecule has 0 aliphatic carbocycles. The van der Waals surface area contributed by atoms with Crippen LogP contribution in [0, 0.1) is 0 Å². The van der Waals surface area contributed by atoms with Crippen LogP contribution in [0.25, 0.3) is 0 Å². The van der Waals surface area contributed by atoms with E-state index in [9.17, 15) is 0 Å². The number of nitrogens with zero attached hydrogens (tertiary/aromatic N) is 2. The molecule has 0 atom stereocenters. The predicted molar refractivity (Wildman–Crippen MR) is 69.3 cm³/mol. The quantitative estimate of drug-likeness (QED) is 0.677. The van der Waals surface area contributed by atoms with Crippen LogP contribution in [-0.4, -0.2) is 53.5 Å². The molecule has 0 unspecified atom stereocenters. The van der Waals surface area contributed by atoms with E-state index in [4.69, 9.17) is 9.05 Å². The third kappa shape index (κ3) is 1.36. The van der Waals surface area contributed by atoms with E-state index in [0.29, 0.717) is 0 Å². The molecule has 94 valence electrons. The van der Waals surface area contributed by atoms with Crippen molar-refractivity contribution < 1.29 is 9.05 Å². The van der Waals surface area contributed by atoms with Crippen molar-refractivity contribution in [3.05, 3.63) is 0 Å². The van der Waals surface area contributed by atoms with Gasteiger partial charge in [0.25, 0.3) is 0 Å². The minimum absolute atomic E-state index is 0.174. The molecule has 3 fully saturated rings. The summed E-state index contributed by atoms with van der Waals surface area (Å²) in [6, 6.07) is 0. The summed E-state index contributed by atoms with van der Waals surface area (Å²) in [5.41, 5.74) is 0. The average molecular weight is 264 g/mol. The zero-order chi connectivity index (χ0) is 11.5. The molecule has 0 saturated carbocycles. The Bertz CT molecular complexity index is 298. The molecule has 3 saturated heterocycles. The molecule has 0 bridgehead atoms. The van der Waals surface area contributed by atoms with E-state index < -0.39 is 6.56 Å². The summed E-state index contributed by atoms with van der Waals surface area (Å²) >= 11 is 1.94. The van der Waals surface area contributed by atoms with Crippen molar-refractivity contribution in [2.75, 3.05) is 39.4 Å². The second-order valence-corrected chi connectivity index (χ2v) is 12.7. The van der Waals surface area contributed by atoms with Crippen molar-refractivity contribution in [3.63, 3.8) is 0 Å². The molecule has 3 rings (SSSR count). The normalized spacial score (nSPS) is 35.6. The second-order valence-electron chi connectivity index (χ2n) is 5.58. The summed E-state index contributed by atoms with van der Waals surface area (Å²) in [4.78, 5) is 0. The van der Waals surface area contributed by atoms with Gasteiger partial charge in [-0.05, 0) is 0 Å². The van der Waals surface area contributed by atoms with Crippen LogP contribution < -0.4 is 0 Å². The van der Waals surface area contributed by atoms with Crippen LogP contribution >= 0.6 is 17.9 Å². The van der Waals surface area contributed by atoms with Crippen LogP contribution in [0.2, 0.25) is 0 Å². The summed E-state index contributed by atoms with van der Waals surface area (Å²) in [6.45, 7) is 10.1. The molecule has 16 heavy (non-hydrogen) atoms. The Labute approximate surface area is 102 Å². The van der Waals surface area contributed by atoms with Crippen molar-refractivity contribution in [2.45, 2.75) is 25.5 Å². The maximum atomic E-state index is 6.28. The number of rotatable bonds is 1. The van der Waals surface area contributed by atoms with Crippen molar-refractivity contribution in [1.82, 2.24) is 9.34 Å². The van der Waals surface area contributed by atoms with E-state index in [2.05, 4.69) is 30.1 Å². The van der Waals surface area contributed by atoms with Gasteiger partial charge in [-0.25, -0.2) is 0 Å². The summed E-state index contributed by atoms with van der Waals surface area (Å²) in [5, 5.41) is 0. The first-order chi connectivity index (χ1) is 7.45. The molecular formula is C10H21N2O2PS. The van der Waals surface area contributed by atoms with Gasteiger partial charge in [0.2, 0.25) is 0 Å². The molecule has 6 heteroatoms. The molecule has 3 aliphatic rings. The minimum atomic E-state index is -2.65. The second kappa shape index (κ2) is 3.34. The van der Waals surface area contributed by atoms with Crippen molar-refractivity contribution in [1.29, 1.82) is 0 Å². The summed E-state index contributed by atoms with van der Waals surface area (Å²) in [5.74, 6) is 0. The first-order valence-electron chi connectivity index (χ1n) is 5.99. The Morgan fingerprint density at radius 1 is 0.938 bits per heavy atom. The predicted octanol–water partition coefficient (Wildman–Crippen LogP) is 2.32. The van der Waals surface area contributed by atoms with Crippen LogP contribution in [-0.2, 0) is 9.05 Å². The Morgan fingerprint density at radius 2 is 1.44 bits per heavy atom. The first kappa shape index (κ1) is 11.7. The zero-order valence-electron chi connectivity index (χ0n) is 10.3. The number of hydrogen-bond donors (Lipinski definition) is 0. The van der Waals surface area contributed by atoms with Gasteiger partial charge in [0.05, 0.1) is 0 Å². The summed E-state index contributed by atoms with van der Waals surface area (Å²) in [7, 11) is 0. The Kier molecular flexibility index (Phi) is 2.44. The monoisotopic (exact) mass is 264 g/mol. The van der Waals surface area contributed by atoms with Gasteiger partial charge in [-0.1, -0.05) is 0 Å². The molecule has 0 aromatic heterocycles. The topological polar surface area (TPSA) is 24.9 Å². The fourth-order valence-corrected chi connectivity index (χ4v) is 13.0. The van der Waals surface area contributed by atoms with E-state index in [1.165, 1.54) is 0 Å². The third-order valence-corrected chi connectivity index (χ3v) is 12.7. The molecule has 3 aliphatic heterocycles. The van der Waals surface area contributed by atoms with E-state index in [0.717, 1.165) is 39.4 Å². The van der Waals surface area contributed by atoms with Gasteiger partial charge in [-0.2, -0.15) is 0 Å². The molecule has 3 heterocycles. The Balaban J connectivity index is 2.03. The van der Waals surface area contributed by atoms with Gasteiger partial charge < -0.3 is 0 Å². The Morgan fingerprint density at radius 3 is 1.88 bits per heavy atom. The van der Waals surface area contributed by atoms with Crippen LogP contribution in [0.5, 0.6) is 0 Å². The van der Waals surface area contributed by atoms with Crippen LogP contribution in [0.1, 0.15) is 20.8 Å². The number of hydrogen-bond acceptors (Lipinski definition) is 5. The van der Waals surface area contributed by atoms with Gasteiger partial charge in [0, 0.05) is 0 Å². The van der Waals surface area contributed by atoms with Crippen LogP contribution in [0.3, 0.4) is 0 Å². The van der Waals surface area contributed by atoms with Crippen molar-refractivity contribution in [2.24, 2.45) is 0 Å². The fraction of sp³-hybridized carbons (Fsp3) is 1.00. The van der Waals surface area contributed by atoms with E-state index in [-0.39, 0.29) is 4.75 Å². The van der Waals surface area contributed by atoms with Gasteiger partial charge in [0.1, 0.15) is 0 Å². The van der Waals surface area contributed by atoms with Gasteiger partial charge >= 0.3 is 101 Å². The summed E-state index contributed by atoms with van der Waals surface area (Å²) < 4.78 is 17.7. The van der Waals surface area contributed by atoms with Gasteiger partial charge in [0.15, 0.2) is 0 Å². The van der Waals surface area contributed by atoms with Crippen molar-refractivity contribution >= 4 is 17.9 Å². The van der Waals surface area contributed by atoms with E-state index in [1.807, 2.05) is 11.4 Å². The summed E-state index contributed by atoms with van der Waals surface area (Å²) in [6.07, 6.45) is 0.